The normalized spacial score (nSPS) is 14.3. The van der Waals surface area contributed by atoms with Crippen LogP contribution in [0.4, 0.5) is 15.8 Å². The summed E-state index contributed by atoms with van der Waals surface area (Å²) >= 11 is 0.936. The first-order valence-electron chi connectivity index (χ1n) is 7.05. The summed E-state index contributed by atoms with van der Waals surface area (Å²) in [5.74, 6) is 2.40. The summed E-state index contributed by atoms with van der Waals surface area (Å²) < 4.78 is 22.8. The predicted octanol–water partition coefficient (Wildman–Crippen LogP) is 1.50. The Hall–Kier alpha value is -2.79. The van der Waals surface area contributed by atoms with E-state index in [9.17, 15) is 9.18 Å². The second kappa shape index (κ2) is 6.02. The molecular weight excluding hydrogens is 331 g/mol. The molecule has 6 nitrogen and oxygen atoms in total. The fraction of sp³-hybridized carbons (Fsp3) is 0.250. The lowest BCUT2D eigenvalue weighted by Gasteiger charge is -2.31. The van der Waals surface area contributed by atoms with Crippen molar-refractivity contribution in [3.05, 3.63) is 44.7 Å². The average Bonchev–Trinajstić information content (AvgIpc) is 2.79. The molecule has 0 amide bonds. The third-order valence-corrected chi connectivity index (χ3v) is 4.71. The molecule has 0 fully saturated rings. The van der Waals surface area contributed by atoms with Gasteiger partial charge in [-0.25, -0.2) is 14.1 Å². The number of nitrogens with zero attached hydrogens (tertiary/aromatic N) is 4. The van der Waals surface area contributed by atoms with Crippen LogP contribution in [0.25, 0.3) is 0 Å². The zero-order chi connectivity index (χ0) is 17.4. The van der Waals surface area contributed by atoms with E-state index in [-0.39, 0.29) is 17.2 Å². The maximum absolute atomic E-state index is 14.4. The molecule has 1 aromatic heterocycles. The Morgan fingerprint density at radius 2 is 2.21 bits per heavy atom. The van der Waals surface area contributed by atoms with Crippen molar-refractivity contribution in [3.63, 3.8) is 0 Å². The van der Waals surface area contributed by atoms with Gasteiger partial charge in [0, 0.05) is 25.9 Å². The molecule has 0 unspecified atom stereocenters. The van der Waals surface area contributed by atoms with Crippen molar-refractivity contribution < 1.29 is 9.13 Å². The number of ether oxygens (including phenoxy) is 1. The lowest BCUT2D eigenvalue weighted by Crippen LogP contribution is -2.30. The molecule has 0 radical (unpaired) electrons. The quantitative estimate of drug-likeness (QED) is 0.775. The van der Waals surface area contributed by atoms with Crippen LogP contribution in [0.2, 0.25) is 0 Å². The Kier molecular flexibility index (Phi) is 4.03. The van der Waals surface area contributed by atoms with Gasteiger partial charge in [0.15, 0.2) is 5.82 Å². The Balaban J connectivity index is 2.17. The summed E-state index contributed by atoms with van der Waals surface area (Å²) in [6.45, 7) is 4.46. The van der Waals surface area contributed by atoms with Gasteiger partial charge in [0.05, 0.1) is 12.2 Å². The van der Waals surface area contributed by atoms with Crippen molar-refractivity contribution in [2.45, 2.75) is 0 Å². The molecule has 3 rings (SSSR count). The van der Waals surface area contributed by atoms with Gasteiger partial charge in [0.1, 0.15) is 18.0 Å². The summed E-state index contributed by atoms with van der Waals surface area (Å²) in [6, 6.07) is 2.83. The molecule has 0 aliphatic carbocycles. The lowest BCUT2D eigenvalue weighted by molar-refractivity contribution is 0.335. The summed E-state index contributed by atoms with van der Waals surface area (Å²) in [4.78, 5) is 18.0. The molecule has 0 atom stereocenters. The Morgan fingerprint density at radius 3 is 2.83 bits per heavy atom. The van der Waals surface area contributed by atoms with Crippen LogP contribution >= 0.6 is 11.3 Å². The fourth-order valence-electron chi connectivity index (χ4n) is 2.30. The summed E-state index contributed by atoms with van der Waals surface area (Å²) in [5, 5.41) is 0. The Bertz CT molecular complexity index is 993. The van der Waals surface area contributed by atoms with E-state index in [0.29, 0.717) is 28.5 Å². The first kappa shape index (κ1) is 16.1. The van der Waals surface area contributed by atoms with Crippen LogP contribution in [0.3, 0.4) is 0 Å². The van der Waals surface area contributed by atoms with Crippen molar-refractivity contribution in [2.24, 2.45) is 19.1 Å². The number of halogens is 1. The van der Waals surface area contributed by atoms with Crippen molar-refractivity contribution in [2.75, 3.05) is 18.1 Å². The zero-order valence-electron chi connectivity index (χ0n) is 13.2. The monoisotopic (exact) mass is 346 g/mol. The highest BCUT2D eigenvalue weighted by molar-refractivity contribution is 7.06. The molecule has 1 aliphatic rings. The highest BCUT2D eigenvalue weighted by Crippen LogP contribution is 2.39. The number of benzene rings is 1. The van der Waals surface area contributed by atoms with Crippen LogP contribution in [0.5, 0.6) is 5.75 Å². The summed E-state index contributed by atoms with van der Waals surface area (Å²) in [6.07, 6.45) is 5.40. The molecule has 0 saturated carbocycles. The van der Waals surface area contributed by atoms with E-state index in [1.54, 1.807) is 29.7 Å². The molecular formula is C16H15FN4O2S. The van der Waals surface area contributed by atoms with Crippen LogP contribution < -0.4 is 19.3 Å². The summed E-state index contributed by atoms with van der Waals surface area (Å²) in [7, 11) is 3.30. The van der Waals surface area contributed by atoms with Gasteiger partial charge in [-0.2, -0.15) is 0 Å². The molecule has 0 saturated heterocycles. The smallest absolute Gasteiger partial charge is 0.324 e. The Labute approximate surface area is 141 Å². The number of aromatic nitrogens is 2. The van der Waals surface area contributed by atoms with Gasteiger partial charge in [0.25, 0.3) is 0 Å². The molecule has 24 heavy (non-hydrogen) atoms. The van der Waals surface area contributed by atoms with Gasteiger partial charge in [-0.1, -0.05) is 12.5 Å². The molecule has 124 valence electrons. The number of terminal acetylenes is 1. The second-order valence-corrected chi connectivity index (χ2v) is 6.14. The third kappa shape index (κ3) is 2.63. The standard InChI is InChI=1S/C16H15FN4O2S/c1-5-6-21-10(2)9-23-14-7-11(17)12(8-13(14)21)18-15-19(3)20(4)16(22)24-15/h1,7-8H,2,6,9H2,3-4H3. The summed E-state index contributed by atoms with van der Waals surface area (Å²) in [5.41, 5.74) is 1.40. The van der Waals surface area contributed by atoms with Gasteiger partial charge in [-0.3, -0.25) is 9.48 Å². The first-order chi connectivity index (χ1) is 11.4. The molecule has 1 aromatic carbocycles. The lowest BCUT2D eigenvalue weighted by atomic mass is 10.2. The van der Waals surface area contributed by atoms with Crippen molar-refractivity contribution in [1.29, 1.82) is 0 Å². The average molecular weight is 346 g/mol. The molecule has 0 spiro atoms. The highest BCUT2D eigenvalue weighted by Gasteiger charge is 2.23. The van der Waals surface area contributed by atoms with Crippen LogP contribution in [0, 0.1) is 18.2 Å². The van der Waals surface area contributed by atoms with E-state index in [1.807, 2.05) is 0 Å². The predicted molar refractivity (Wildman–Crippen MR) is 91.0 cm³/mol. The molecule has 1 aliphatic heterocycles. The number of fused-ring (bicyclic) bond motifs is 1. The molecule has 2 heterocycles. The number of rotatable bonds is 2. The van der Waals surface area contributed by atoms with E-state index >= 15 is 0 Å². The van der Waals surface area contributed by atoms with Gasteiger partial charge in [-0.05, 0) is 17.4 Å². The zero-order valence-corrected chi connectivity index (χ0v) is 14.1. The van der Waals surface area contributed by atoms with E-state index in [4.69, 9.17) is 11.2 Å². The van der Waals surface area contributed by atoms with E-state index in [1.165, 1.54) is 10.7 Å². The van der Waals surface area contributed by atoms with Crippen LogP contribution in [0.1, 0.15) is 0 Å². The van der Waals surface area contributed by atoms with Crippen LogP contribution in [-0.2, 0) is 14.1 Å². The molecule has 0 N–H and O–H groups in total. The minimum absolute atomic E-state index is 0.103. The topological polar surface area (TPSA) is 51.8 Å². The molecule has 8 heteroatoms. The van der Waals surface area contributed by atoms with Crippen molar-refractivity contribution in [1.82, 2.24) is 9.36 Å². The number of hydrogen-bond donors (Lipinski definition) is 0. The van der Waals surface area contributed by atoms with E-state index in [2.05, 4.69) is 17.5 Å². The van der Waals surface area contributed by atoms with Gasteiger partial charge >= 0.3 is 4.87 Å². The maximum atomic E-state index is 14.4. The number of anilines is 1. The minimum atomic E-state index is -0.537. The van der Waals surface area contributed by atoms with Crippen molar-refractivity contribution in [3.8, 4) is 18.1 Å². The third-order valence-electron chi connectivity index (χ3n) is 3.73. The fourth-order valence-corrected chi connectivity index (χ4v) is 3.11. The van der Waals surface area contributed by atoms with Crippen LogP contribution in [-0.4, -0.2) is 22.5 Å². The van der Waals surface area contributed by atoms with Gasteiger partial charge in [-0.15, -0.1) is 6.42 Å². The van der Waals surface area contributed by atoms with E-state index < -0.39 is 5.82 Å². The molecule has 0 bridgehead atoms. The number of hydrogen-bond acceptors (Lipinski definition) is 5. The SMILES string of the molecule is C#CCN1C(=C)COc2cc(F)c(N=c3sc(=O)n(C)n3C)cc21. The minimum Gasteiger partial charge on any atom is -0.485 e. The van der Waals surface area contributed by atoms with Crippen LogP contribution in [0.15, 0.2) is 34.2 Å². The highest BCUT2D eigenvalue weighted by atomic mass is 32.1. The van der Waals surface area contributed by atoms with Crippen molar-refractivity contribution >= 4 is 22.7 Å². The van der Waals surface area contributed by atoms with Gasteiger partial charge < -0.3 is 9.64 Å². The first-order valence-corrected chi connectivity index (χ1v) is 7.87. The second-order valence-electron chi connectivity index (χ2n) is 5.23. The molecule has 2 aromatic rings. The van der Waals surface area contributed by atoms with E-state index in [0.717, 1.165) is 11.3 Å². The largest absolute Gasteiger partial charge is 0.485 e. The maximum Gasteiger partial charge on any atom is 0.324 e. The van der Waals surface area contributed by atoms with Gasteiger partial charge in [0.2, 0.25) is 4.80 Å². The Morgan fingerprint density at radius 1 is 1.46 bits per heavy atom.